The molecule has 7 nitrogen and oxygen atoms in total. The summed E-state index contributed by atoms with van der Waals surface area (Å²) in [5, 5.41) is 7.19. The van der Waals surface area contributed by atoms with Gasteiger partial charge >= 0.3 is 0 Å². The van der Waals surface area contributed by atoms with Crippen molar-refractivity contribution in [3.05, 3.63) is 30.3 Å². The normalized spacial score (nSPS) is 19.6. The van der Waals surface area contributed by atoms with Gasteiger partial charge in [-0.15, -0.1) is 0 Å². The van der Waals surface area contributed by atoms with Crippen molar-refractivity contribution < 1.29 is 9.32 Å². The zero-order valence-electron chi connectivity index (χ0n) is 14.4. The smallest absolute Gasteiger partial charge is 0.266 e. The van der Waals surface area contributed by atoms with Gasteiger partial charge in [0.15, 0.2) is 0 Å². The van der Waals surface area contributed by atoms with Gasteiger partial charge in [0.2, 0.25) is 5.91 Å². The summed E-state index contributed by atoms with van der Waals surface area (Å²) in [5.41, 5.74) is 0.922. The lowest BCUT2D eigenvalue weighted by molar-refractivity contribution is -0.126. The van der Waals surface area contributed by atoms with Gasteiger partial charge in [0.25, 0.3) is 11.8 Å². The van der Waals surface area contributed by atoms with Gasteiger partial charge in [0, 0.05) is 37.8 Å². The average molecular weight is 341 g/mol. The van der Waals surface area contributed by atoms with Gasteiger partial charge in [-0.1, -0.05) is 18.2 Å². The number of nitrogens with zero attached hydrogens (tertiary/aromatic N) is 4. The van der Waals surface area contributed by atoms with E-state index in [0.717, 1.165) is 44.6 Å². The molecule has 0 bridgehead atoms. The third-order valence-electron chi connectivity index (χ3n) is 4.88. The molecule has 1 saturated carbocycles. The van der Waals surface area contributed by atoms with Gasteiger partial charge in [-0.25, -0.2) is 0 Å². The highest BCUT2D eigenvalue weighted by molar-refractivity contribution is 5.81. The third-order valence-corrected chi connectivity index (χ3v) is 4.88. The van der Waals surface area contributed by atoms with Crippen LogP contribution in [0.1, 0.15) is 19.8 Å². The number of rotatable bonds is 5. The highest BCUT2D eigenvalue weighted by atomic mass is 16.5. The second-order valence-electron chi connectivity index (χ2n) is 6.75. The second-order valence-corrected chi connectivity index (χ2v) is 6.75. The number of carbonyl (C=O) groups excluding carboxylic acids is 1. The Morgan fingerprint density at radius 3 is 2.60 bits per heavy atom. The third kappa shape index (κ3) is 3.66. The number of benzene rings is 1. The molecule has 25 heavy (non-hydrogen) atoms. The summed E-state index contributed by atoms with van der Waals surface area (Å²) >= 11 is 0. The summed E-state index contributed by atoms with van der Waals surface area (Å²) in [5.74, 6) is 1.30. The van der Waals surface area contributed by atoms with Gasteiger partial charge in [-0.2, -0.15) is 4.98 Å². The van der Waals surface area contributed by atoms with Crippen molar-refractivity contribution in [3.63, 3.8) is 0 Å². The van der Waals surface area contributed by atoms with Crippen LogP contribution in [0, 0.1) is 0 Å². The Hall–Kier alpha value is -2.41. The fourth-order valence-electron chi connectivity index (χ4n) is 3.07. The van der Waals surface area contributed by atoms with E-state index in [2.05, 4.69) is 25.3 Å². The standard InChI is InChI=1S/C18H23N5O2/c1-13(16(24)19-15-7-8-15)22-9-11-23(12-10-22)18-20-17(25-21-18)14-5-3-2-4-6-14/h2-6,13,15H,7-12H2,1H3,(H,19,24). The fourth-order valence-corrected chi connectivity index (χ4v) is 3.07. The lowest BCUT2D eigenvalue weighted by Gasteiger charge is -2.36. The van der Waals surface area contributed by atoms with Crippen LogP contribution in [-0.4, -0.2) is 59.2 Å². The van der Waals surface area contributed by atoms with E-state index < -0.39 is 0 Å². The van der Waals surface area contributed by atoms with E-state index in [0.29, 0.717) is 17.9 Å². The number of nitrogens with one attached hydrogen (secondary N) is 1. The molecule has 1 aliphatic carbocycles. The van der Waals surface area contributed by atoms with E-state index in [9.17, 15) is 4.79 Å². The summed E-state index contributed by atoms with van der Waals surface area (Å²) in [7, 11) is 0. The van der Waals surface area contributed by atoms with Gasteiger partial charge in [-0.05, 0) is 37.1 Å². The zero-order chi connectivity index (χ0) is 17.2. The summed E-state index contributed by atoms with van der Waals surface area (Å²) in [4.78, 5) is 21.0. The number of anilines is 1. The van der Waals surface area contributed by atoms with E-state index in [1.54, 1.807) is 0 Å². The van der Waals surface area contributed by atoms with Gasteiger partial charge in [0.05, 0.1) is 6.04 Å². The second kappa shape index (κ2) is 6.84. The number of aromatic nitrogens is 2. The van der Waals surface area contributed by atoms with Crippen molar-refractivity contribution in [1.82, 2.24) is 20.4 Å². The molecule has 0 radical (unpaired) electrons. The maximum atomic E-state index is 12.2. The predicted octanol–water partition coefficient (Wildman–Crippen LogP) is 1.53. The molecule has 2 aromatic rings. The Labute approximate surface area is 147 Å². The first-order valence-corrected chi connectivity index (χ1v) is 8.89. The molecule has 1 aromatic heterocycles. The molecule has 1 saturated heterocycles. The minimum absolute atomic E-state index is 0.0899. The molecule has 1 aromatic carbocycles. The van der Waals surface area contributed by atoms with E-state index >= 15 is 0 Å². The van der Waals surface area contributed by atoms with Crippen molar-refractivity contribution in [2.45, 2.75) is 31.8 Å². The molecule has 7 heteroatoms. The van der Waals surface area contributed by atoms with Crippen LogP contribution in [0.15, 0.2) is 34.9 Å². The summed E-state index contributed by atoms with van der Waals surface area (Å²) in [6.45, 7) is 5.18. The lowest BCUT2D eigenvalue weighted by Crippen LogP contribution is -2.54. The van der Waals surface area contributed by atoms with E-state index in [1.807, 2.05) is 37.3 Å². The monoisotopic (exact) mass is 341 g/mol. The van der Waals surface area contributed by atoms with Gasteiger partial charge < -0.3 is 14.7 Å². The van der Waals surface area contributed by atoms with Crippen LogP contribution in [-0.2, 0) is 4.79 Å². The molecule has 2 fully saturated rings. The minimum Gasteiger partial charge on any atom is -0.352 e. The maximum Gasteiger partial charge on any atom is 0.266 e. The molecule has 0 spiro atoms. The van der Waals surface area contributed by atoms with Crippen LogP contribution < -0.4 is 10.2 Å². The number of carbonyl (C=O) groups is 1. The minimum atomic E-state index is -0.0899. The number of hydrogen-bond acceptors (Lipinski definition) is 6. The molecule has 1 amide bonds. The fraction of sp³-hybridized carbons (Fsp3) is 0.500. The van der Waals surface area contributed by atoms with Crippen LogP contribution in [0.5, 0.6) is 0 Å². The number of amides is 1. The highest BCUT2D eigenvalue weighted by Gasteiger charge is 2.30. The topological polar surface area (TPSA) is 74.5 Å². The first-order chi connectivity index (χ1) is 12.2. The van der Waals surface area contributed by atoms with Crippen molar-refractivity contribution >= 4 is 11.9 Å². The summed E-state index contributed by atoms with van der Waals surface area (Å²) in [6.07, 6.45) is 2.24. The Morgan fingerprint density at radius 1 is 1.20 bits per heavy atom. The Bertz CT molecular complexity index is 720. The molecule has 2 aliphatic rings. The first-order valence-electron chi connectivity index (χ1n) is 8.89. The van der Waals surface area contributed by atoms with Crippen LogP contribution >= 0.6 is 0 Å². The van der Waals surface area contributed by atoms with E-state index in [4.69, 9.17) is 4.52 Å². The molecule has 4 rings (SSSR count). The summed E-state index contributed by atoms with van der Waals surface area (Å²) in [6, 6.07) is 10.1. The molecule has 2 heterocycles. The Morgan fingerprint density at radius 2 is 1.92 bits per heavy atom. The van der Waals surface area contributed by atoms with Crippen molar-refractivity contribution in [2.75, 3.05) is 31.1 Å². The van der Waals surface area contributed by atoms with Crippen LogP contribution in [0.3, 0.4) is 0 Å². The Kier molecular flexibility index (Phi) is 4.40. The SMILES string of the molecule is CC(C(=O)NC1CC1)N1CCN(c2noc(-c3ccccc3)n2)CC1. The van der Waals surface area contributed by atoms with E-state index in [1.165, 1.54) is 0 Å². The number of piperazine rings is 1. The average Bonchev–Trinajstić information content (AvgIpc) is 3.34. The summed E-state index contributed by atoms with van der Waals surface area (Å²) < 4.78 is 5.39. The molecular formula is C18H23N5O2. The van der Waals surface area contributed by atoms with Crippen molar-refractivity contribution in [3.8, 4) is 11.5 Å². The maximum absolute atomic E-state index is 12.2. The molecular weight excluding hydrogens is 318 g/mol. The Balaban J connectivity index is 1.34. The molecule has 1 atom stereocenters. The molecule has 1 unspecified atom stereocenters. The van der Waals surface area contributed by atoms with Gasteiger partial charge in [-0.3, -0.25) is 9.69 Å². The molecule has 1 N–H and O–H groups in total. The highest BCUT2D eigenvalue weighted by Crippen LogP contribution is 2.22. The number of hydrogen-bond donors (Lipinski definition) is 1. The lowest BCUT2D eigenvalue weighted by atomic mass is 10.2. The van der Waals surface area contributed by atoms with Crippen LogP contribution in [0.4, 0.5) is 5.95 Å². The quantitative estimate of drug-likeness (QED) is 0.889. The molecule has 1 aliphatic heterocycles. The largest absolute Gasteiger partial charge is 0.352 e. The predicted molar refractivity (Wildman–Crippen MR) is 94.1 cm³/mol. The van der Waals surface area contributed by atoms with Crippen LogP contribution in [0.2, 0.25) is 0 Å². The van der Waals surface area contributed by atoms with Crippen molar-refractivity contribution in [1.29, 1.82) is 0 Å². The zero-order valence-corrected chi connectivity index (χ0v) is 14.4. The van der Waals surface area contributed by atoms with E-state index in [-0.39, 0.29) is 11.9 Å². The van der Waals surface area contributed by atoms with Crippen molar-refractivity contribution in [2.24, 2.45) is 0 Å². The van der Waals surface area contributed by atoms with Crippen LogP contribution in [0.25, 0.3) is 11.5 Å². The molecule has 132 valence electrons. The van der Waals surface area contributed by atoms with Gasteiger partial charge in [0.1, 0.15) is 0 Å². The first kappa shape index (κ1) is 16.1.